The number of imide groups is 1. The molecule has 2 fully saturated rings. The summed E-state index contributed by atoms with van der Waals surface area (Å²) in [5, 5.41) is 9.39. The predicted octanol–water partition coefficient (Wildman–Crippen LogP) is 4.03. The normalized spacial score (nSPS) is 26.5. The van der Waals surface area contributed by atoms with Crippen molar-refractivity contribution in [3.63, 3.8) is 0 Å². The molecule has 2 aliphatic carbocycles. The number of likely N-dealkylation sites (tertiary alicyclic amines) is 1. The first-order chi connectivity index (χ1) is 14.6. The number of nitrogens with zero attached hydrogens (tertiary/aromatic N) is 1. The zero-order chi connectivity index (χ0) is 20.7. The fourth-order valence-electron chi connectivity index (χ4n) is 5.14. The number of phenols is 1. The lowest BCUT2D eigenvalue weighted by molar-refractivity contribution is -0.140. The first-order valence-electron chi connectivity index (χ1n) is 10.7. The highest BCUT2D eigenvalue weighted by Gasteiger charge is 2.58. The molecule has 0 radical (unpaired) electrons. The van der Waals surface area contributed by atoms with Gasteiger partial charge in [0.2, 0.25) is 11.8 Å². The van der Waals surface area contributed by atoms with E-state index in [0.717, 1.165) is 36.1 Å². The van der Waals surface area contributed by atoms with Crippen molar-refractivity contribution in [1.29, 1.82) is 0 Å². The summed E-state index contributed by atoms with van der Waals surface area (Å²) < 4.78 is 5.81. The number of carbonyl (C=O) groups excluding carboxylic acids is 2. The fourth-order valence-corrected chi connectivity index (χ4v) is 5.14. The maximum atomic E-state index is 12.7. The number of hydrogen-bond acceptors (Lipinski definition) is 4. The Morgan fingerprint density at radius 2 is 1.40 bits per heavy atom. The SMILES string of the molecule is O=C1C2C3C=CC(C3)[C@H]2C(=O)N1CCCCOc1ccc(-c2ccc(O)cc2)cc1. The number of carbonyl (C=O) groups is 2. The van der Waals surface area contributed by atoms with E-state index in [0.29, 0.717) is 13.2 Å². The van der Waals surface area contributed by atoms with Crippen LogP contribution in [0.4, 0.5) is 0 Å². The van der Waals surface area contributed by atoms with Gasteiger partial charge in [0.15, 0.2) is 0 Å². The van der Waals surface area contributed by atoms with Crippen LogP contribution in [0, 0.1) is 23.7 Å². The number of phenolic OH excluding ortho intramolecular Hbond substituents is 1. The van der Waals surface area contributed by atoms with Gasteiger partial charge in [-0.2, -0.15) is 0 Å². The van der Waals surface area contributed by atoms with Gasteiger partial charge in [-0.05, 0) is 66.5 Å². The minimum Gasteiger partial charge on any atom is -0.508 e. The smallest absolute Gasteiger partial charge is 0.233 e. The average Bonchev–Trinajstić information content (AvgIpc) is 3.44. The summed E-state index contributed by atoms with van der Waals surface area (Å²) in [6.07, 6.45) is 6.77. The van der Waals surface area contributed by atoms with Gasteiger partial charge in [-0.15, -0.1) is 0 Å². The van der Waals surface area contributed by atoms with Crippen LogP contribution in [0.25, 0.3) is 11.1 Å². The molecular formula is C25H25NO4. The molecule has 5 rings (SSSR count). The molecule has 4 atom stereocenters. The van der Waals surface area contributed by atoms with E-state index >= 15 is 0 Å². The molecule has 5 heteroatoms. The van der Waals surface area contributed by atoms with Gasteiger partial charge in [0.1, 0.15) is 11.5 Å². The van der Waals surface area contributed by atoms with Crippen molar-refractivity contribution >= 4 is 11.8 Å². The number of hydrogen-bond donors (Lipinski definition) is 1. The molecule has 0 spiro atoms. The molecule has 1 N–H and O–H groups in total. The van der Waals surface area contributed by atoms with Crippen LogP contribution < -0.4 is 4.74 Å². The van der Waals surface area contributed by atoms with Gasteiger partial charge < -0.3 is 9.84 Å². The van der Waals surface area contributed by atoms with Crippen LogP contribution in [0.2, 0.25) is 0 Å². The standard InChI is InChI=1S/C25H25NO4/c27-20-9-5-16(6-10-20)17-7-11-21(12-8-17)30-14-2-1-13-26-24(28)22-18-3-4-19(15-18)23(22)25(26)29/h3-12,18-19,22-23,27H,1-2,13-15H2/t18?,19?,22-,23?/m1/s1. The molecule has 3 unspecified atom stereocenters. The zero-order valence-electron chi connectivity index (χ0n) is 16.7. The number of fused-ring (bicyclic) bond motifs is 5. The van der Waals surface area contributed by atoms with E-state index < -0.39 is 0 Å². The van der Waals surface area contributed by atoms with Crippen molar-refractivity contribution in [2.24, 2.45) is 23.7 Å². The van der Waals surface area contributed by atoms with Crippen LogP contribution in [0.15, 0.2) is 60.7 Å². The third-order valence-electron chi connectivity index (χ3n) is 6.66. The first-order valence-corrected chi connectivity index (χ1v) is 10.7. The number of unbranched alkanes of at least 4 members (excludes halogenated alkanes) is 1. The summed E-state index contributed by atoms with van der Waals surface area (Å²) in [6, 6.07) is 14.9. The average molecular weight is 403 g/mol. The molecule has 1 heterocycles. The van der Waals surface area contributed by atoms with Crippen LogP contribution in [0.5, 0.6) is 11.5 Å². The lowest BCUT2D eigenvalue weighted by Crippen LogP contribution is -2.34. The second-order valence-corrected chi connectivity index (χ2v) is 8.45. The quantitative estimate of drug-likeness (QED) is 0.431. The van der Waals surface area contributed by atoms with Gasteiger partial charge >= 0.3 is 0 Å². The summed E-state index contributed by atoms with van der Waals surface area (Å²) in [5.74, 6) is 1.46. The molecule has 1 aliphatic heterocycles. The van der Waals surface area contributed by atoms with E-state index in [1.807, 2.05) is 36.4 Å². The maximum absolute atomic E-state index is 12.7. The van der Waals surface area contributed by atoms with E-state index in [1.54, 1.807) is 12.1 Å². The van der Waals surface area contributed by atoms with Gasteiger partial charge in [0.25, 0.3) is 0 Å². The van der Waals surface area contributed by atoms with E-state index in [9.17, 15) is 14.7 Å². The van der Waals surface area contributed by atoms with Crippen molar-refractivity contribution in [1.82, 2.24) is 4.90 Å². The van der Waals surface area contributed by atoms with Gasteiger partial charge in [0, 0.05) is 6.54 Å². The Balaban J connectivity index is 1.08. The maximum Gasteiger partial charge on any atom is 0.233 e. The van der Waals surface area contributed by atoms with E-state index in [2.05, 4.69) is 12.2 Å². The second kappa shape index (κ2) is 7.63. The lowest BCUT2D eigenvalue weighted by atomic mass is 9.85. The molecular weight excluding hydrogens is 378 g/mol. The molecule has 3 aliphatic rings. The van der Waals surface area contributed by atoms with E-state index in [-0.39, 0.29) is 41.2 Å². The molecule has 5 nitrogen and oxygen atoms in total. The molecule has 30 heavy (non-hydrogen) atoms. The number of rotatable bonds is 7. The molecule has 2 amide bonds. The Bertz CT molecular complexity index is 949. The summed E-state index contributed by atoms with van der Waals surface area (Å²) in [7, 11) is 0. The Hall–Kier alpha value is -3.08. The van der Waals surface area contributed by atoms with Gasteiger partial charge in [-0.1, -0.05) is 36.4 Å². The van der Waals surface area contributed by atoms with Crippen molar-refractivity contribution < 1.29 is 19.4 Å². The summed E-state index contributed by atoms with van der Waals surface area (Å²) in [6.45, 7) is 1.04. The Morgan fingerprint density at radius 1 is 0.833 bits per heavy atom. The highest BCUT2D eigenvalue weighted by atomic mass is 16.5. The molecule has 154 valence electrons. The monoisotopic (exact) mass is 403 g/mol. The molecule has 1 saturated carbocycles. The minimum atomic E-state index is -0.101. The molecule has 0 aromatic heterocycles. The molecule has 2 aromatic carbocycles. The number of ether oxygens (including phenoxy) is 1. The van der Waals surface area contributed by atoms with Gasteiger partial charge in [0.05, 0.1) is 18.4 Å². The van der Waals surface area contributed by atoms with Gasteiger partial charge in [-0.3, -0.25) is 14.5 Å². The summed E-state index contributed by atoms with van der Waals surface area (Å²) >= 11 is 0. The molecule has 2 bridgehead atoms. The van der Waals surface area contributed by atoms with Crippen molar-refractivity contribution in [3.8, 4) is 22.6 Å². The van der Waals surface area contributed by atoms with Crippen molar-refractivity contribution in [3.05, 3.63) is 60.7 Å². The fraction of sp³-hybridized carbons (Fsp3) is 0.360. The van der Waals surface area contributed by atoms with Crippen LogP contribution >= 0.6 is 0 Å². The Morgan fingerprint density at radius 3 is 2.00 bits per heavy atom. The van der Waals surface area contributed by atoms with Gasteiger partial charge in [-0.25, -0.2) is 0 Å². The highest BCUT2D eigenvalue weighted by Crippen LogP contribution is 2.52. The minimum absolute atomic E-state index is 0.0348. The Labute approximate surface area is 176 Å². The molecule has 1 saturated heterocycles. The summed E-state index contributed by atoms with van der Waals surface area (Å²) in [5.41, 5.74) is 2.09. The van der Waals surface area contributed by atoms with Crippen LogP contribution in [-0.2, 0) is 9.59 Å². The second-order valence-electron chi connectivity index (χ2n) is 8.45. The third-order valence-corrected chi connectivity index (χ3v) is 6.66. The largest absolute Gasteiger partial charge is 0.508 e. The van der Waals surface area contributed by atoms with Crippen LogP contribution in [0.1, 0.15) is 19.3 Å². The number of benzene rings is 2. The van der Waals surface area contributed by atoms with Crippen LogP contribution in [0.3, 0.4) is 0 Å². The summed E-state index contributed by atoms with van der Waals surface area (Å²) in [4.78, 5) is 26.8. The van der Waals surface area contributed by atoms with Crippen molar-refractivity contribution in [2.75, 3.05) is 13.2 Å². The van der Waals surface area contributed by atoms with E-state index in [4.69, 9.17) is 4.74 Å². The van der Waals surface area contributed by atoms with Crippen molar-refractivity contribution in [2.45, 2.75) is 19.3 Å². The van der Waals surface area contributed by atoms with Crippen LogP contribution in [-0.4, -0.2) is 35.0 Å². The van der Waals surface area contributed by atoms with E-state index in [1.165, 1.54) is 4.90 Å². The number of allylic oxidation sites excluding steroid dienone is 2. The zero-order valence-corrected chi connectivity index (χ0v) is 16.7. The molecule has 2 aromatic rings. The topological polar surface area (TPSA) is 66.8 Å². The lowest BCUT2D eigenvalue weighted by Gasteiger charge is -2.17. The number of amides is 2. The Kier molecular flexibility index (Phi) is 4.81. The highest BCUT2D eigenvalue weighted by molar-refractivity contribution is 6.06. The first kappa shape index (κ1) is 18.9. The number of aromatic hydroxyl groups is 1. The third kappa shape index (κ3) is 3.28. The predicted molar refractivity (Wildman–Crippen MR) is 113 cm³/mol.